The van der Waals surface area contributed by atoms with Crippen LogP contribution in [-0.4, -0.2) is 34.5 Å². The molecule has 0 spiro atoms. The van der Waals surface area contributed by atoms with Crippen LogP contribution in [-0.2, 0) is 15.0 Å². The van der Waals surface area contributed by atoms with Gasteiger partial charge in [-0.2, -0.15) is 0 Å². The number of carboxylic acid groups (broad SMARTS) is 1. The van der Waals surface area contributed by atoms with E-state index in [0.717, 1.165) is 37.7 Å². The second kappa shape index (κ2) is 5.51. The first kappa shape index (κ1) is 14.1. The maximum Gasteiger partial charge on any atom is 0.326 e. The fourth-order valence-electron chi connectivity index (χ4n) is 3.90. The van der Waals surface area contributed by atoms with Gasteiger partial charge in [0.2, 0.25) is 5.91 Å². The summed E-state index contributed by atoms with van der Waals surface area (Å²) in [6.07, 6.45) is 5.09. The highest BCUT2D eigenvalue weighted by Gasteiger charge is 2.48. The molecule has 1 heterocycles. The number of likely N-dealkylation sites (tertiary alicyclic amines) is 1. The Morgan fingerprint density at radius 3 is 2.38 bits per heavy atom. The lowest BCUT2D eigenvalue weighted by atomic mass is 9.77. The summed E-state index contributed by atoms with van der Waals surface area (Å²) in [6.45, 7) is 0.574. The van der Waals surface area contributed by atoms with Crippen molar-refractivity contribution in [2.24, 2.45) is 0 Å². The molecule has 1 saturated heterocycles. The van der Waals surface area contributed by atoms with Crippen LogP contribution in [0.25, 0.3) is 0 Å². The minimum atomic E-state index is -0.873. The Balaban J connectivity index is 1.95. The number of carboxylic acids is 1. The average Bonchev–Trinajstić information content (AvgIpc) is 3.17. The molecule has 112 valence electrons. The summed E-state index contributed by atoms with van der Waals surface area (Å²) in [5.74, 6) is -0.849. The van der Waals surface area contributed by atoms with Crippen LogP contribution in [0.2, 0.25) is 0 Å². The van der Waals surface area contributed by atoms with Crippen LogP contribution in [0.1, 0.15) is 44.1 Å². The number of benzene rings is 1. The lowest BCUT2D eigenvalue weighted by Crippen LogP contribution is -2.49. The number of amides is 1. The van der Waals surface area contributed by atoms with Crippen LogP contribution in [0.5, 0.6) is 0 Å². The van der Waals surface area contributed by atoms with Crippen molar-refractivity contribution in [2.75, 3.05) is 6.54 Å². The van der Waals surface area contributed by atoms with Crippen LogP contribution in [0.4, 0.5) is 0 Å². The Kier molecular flexibility index (Phi) is 3.70. The first-order chi connectivity index (χ1) is 10.1. The van der Waals surface area contributed by atoms with Crippen molar-refractivity contribution in [1.29, 1.82) is 0 Å². The molecule has 0 bridgehead atoms. The van der Waals surface area contributed by atoms with Crippen LogP contribution in [0, 0.1) is 0 Å². The van der Waals surface area contributed by atoms with Crippen molar-refractivity contribution in [3.05, 3.63) is 35.9 Å². The standard InChI is InChI=1S/C17H21NO3/c19-15(20)14-9-6-12-18(14)16(21)17(10-4-5-11-17)13-7-2-1-3-8-13/h1-3,7-8,14H,4-6,9-12H2,(H,19,20). The molecule has 4 heteroatoms. The number of nitrogens with zero attached hydrogens (tertiary/aromatic N) is 1. The van der Waals surface area contributed by atoms with Gasteiger partial charge < -0.3 is 10.0 Å². The first-order valence-electron chi connectivity index (χ1n) is 7.74. The quantitative estimate of drug-likeness (QED) is 0.929. The van der Waals surface area contributed by atoms with Gasteiger partial charge in [-0.25, -0.2) is 4.79 Å². The minimum Gasteiger partial charge on any atom is -0.480 e. The van der Waals surface area contributed by atoms with Crippen LogP contribution >= 0.6 is 0 Å². The molecule has 2 aliphatic rings. The number of rotatable bonds is 3. The fourth-order valence-corrected chi connectivity index (χ4v) is 3.90. The molecule has 1 N–H and O–H groups in total. The van der Waals surface area contributed by atoms with Crippen molar-refractivity contribution < 1.29 is 14.7 Å². The summed E-state index contributed by atoms with van der Waals surface area (Å²) in [6, 6.07) is 9.25. The number of hydrogen-bond donors (Lipinski definition) is 1. The van der Waals surface area contributed by atoms with E-state index in [1.807, 2.05) is 30.3 Å². The predicted molar refractivity (Wildman–Crippen MR) is 79.0 cm³/mol. The molecule has 1 saturated carbocycles. The summed E-state index contributed by atoms with van der Waals surface area (Å²) in [7, 11) is 0. The maximum absolute atomic E-state index is 13.1. The average molecular weight is 287 g/mol. The van der Waals surface area contributed by atoms with Gasteiger partial charge in [-0.3, -0.25) is 4.79 Å². The van der Waals surface area contributed by atoms with Gasteiger partial charge in [-0.05, 0) is 31.2 Å². The normalized spacial score (nSPS) is 24.2. The van der Waals surface area contributed by atoms with Gasteiger partial charge in [-0.1, -0.05) is 43.2 Å². The van der Waals surface area contributed by atoms with Crippen molar-refractivity contribution in [1.82, 2.24) is 4.90 Å². The summed E-state index contributed by atoms with van der Waals surface area (Å²) in [5.41, 5.74) is 0.544. The van der Waals surface area contributed by atoms with Crippen molar-refractivity contribution in [3.8, 4) is 0 Å². The van der Waals surface area contributed by atoms with E-state index < -0.39 is 17.4 Å². The molecule has 1 aromatic rings. The van der Waals surface area contributed by atoms with Crippen LogP contribution in [0.3, 0.4) is 0 Å². The van der Waals surface area contributed by atoms with Crippen LogP contribution < -0.4 is 0 Å². The zero-order chi connectivity index (χ0) is 14.9. The topological polar surface area (TPSA) is 57.6 Å². The highest BCUT2D eigenvalue weighted by molar-refractivity contribution is 5.92. The SMILES string of the molecule is O=C(O)C1CCCN1C(=O)C1(c2ccccc2)CCCC1. The summed E-state index contributed by atoms with van der Waals surface area (Å²) >= 11 is 0. The molecular formula is C17H21NO3. The highest BCUT2D eigenvalue weighted by Crippen LogP contribution is 2.43. The van der Waals surface area contributed by atoms with E-state index >= 15 is 0 Å². The smallest absolute Gasteiger partial charge is 0.326 e. The summed E-state index contributed by atoms with van der Waals surface area (Å²) < 4.78 is 0. The lowest BCUT2D eigenvalue weighted by Gasteiger charge is -2.34. The number of aliphatic carboxylic acids is 1. The van der Waals surface area contributed by atoms with Gasteiger partial charge >= 0.3 is 5.97 Å². The third kappa shape index (κ3) is 2.33. The van der Waals surface area contributed by atoms with Gasteiger partial charge in [0.15, 0.2) is 0 Å². The van der Waals surface area contributed by atoms with E-state index in [1.165, 1.54) is 0 Å². The summed E-state index contributed by atoms with van der Waals surface area (Å²) in [4.78, 5) is 26.1. The van der Waals surface area contributed by atoms with Gasteiger partial charge in [0, 0.05) is 6.54 Å². The van der Waals surface area contributed by atoms with E-state index in [0.29, 0.717) is 13.0 Å². The second-order valence-electron chi connectivity index (χ2n) is 6.15. The van der Waals surface area contributed by atoms with E-state index in [4.69, 9.17) is 0 Å². The number of hydrogen-bond acceptors (Lipinski definition) is 2. The van der Waals surface area contributed by atoms with E-state index in [2.05, 4.69) is 0 Å². The van der Waals surface area contributed by atoms with Gasteiger partial charge in [0.1, 0.15) is 6.04 Å². The number of carbonyl (C=O) groups excluding carboxylic acids is 1. The molecule has 1 unspecified atom stereocenters. The Hall–Kier alpha value is -1.84. The van der Waals surface area contributed by atoms with Crippen molar-refractivity contribution >= 4 is 11.9 Å². The zero-order valence-electron chi connectivity index (χ0n) is 12.1. The molecule has 4 nitrogen and oxygen atoms in total. The van der Waals surface area contributed by atoms with Gasteiger partial charge in [0.05, 0.1) is 5.41 Å². The highest BCUT2D eigenvalue weighted by atomic mass is 16.4. The van der Waals surface area contributed by atoms with E-state index in [1.54, 1.807) is 4.90 Å². The number of carbonyl (C=O) groups is 2. The van der Waals surface area contributed by atoms with E-state index in [9.17, 15) is 14.7 Å². The van der Waals surface area contributed by atoms with Gasteiger partial charge in [0.25, 0.3) is 0 Å². The molecular weight excluding hydrogens is 266 g/mol. The minimum absolute atomic E-state index is 0.0242. The Labute approximate surface area is 124 Å². The first-order valence-corrected chi connectivity index (χ1v) is 7.74. The monoisotopic (exact) mass is 287 g/mol. The van der Waals surface area contributed by atoms with Crippen molar-refractivity contribution in [3.63, 3.8) is 0 Å². The molecule has 0 radical (unpaired) electrons. The van der Waals surface area contributed by atoms with Crippen LogP contribution in [0.15, 0.2) is 30.3 Å². The molecule has 21 heavy (non-hydrogen) atoms. The summed E-state index contributed by atoms with van der Waals surface area (Å²) in [5, 5.41) is 9.34. The van der Waals surface area contributed by atoms with Crippen molar-refractivity contribution in [2.45, 2.75) is 50.0 Å². The predicted octanol–water partition coefficient (Wildman–Crippen LogP) is 2.57. The third-order valence-electron chi connectivity index (χ3n) is 4.99. The largest absolute Gasteiger partial charge is 0.480 e. The molecule has 1 atom stereocenters. The maximum atomic E-state index is 13.1. The Morgan fingerprint density at radius 1 is 1.10 bits per heavy atom. The zero-order valence-corrected chi connectivity index (χ0v) is 12.1. The molecule has 0 aromatic heterocycles. The Bertz CT molecular complexity index is 534. The van der Waals surface area contributed by atoms with E-state index in [-0.39, 0.29) is 5.91 Å². The molecule has 1 amide bonds. The molecule has 1 aliphatic heterocycles. The second-order valence-corrected chi connectivity index (χ2v) is 6.15. The van der Waals surface area contributed by atoms with Gasteiger partial charge in [-0.15, -0.1) is 0 Å². The molecule has 2 fully saturated rings. The molecule has 1 aliphatic carbocycles. The Morgan fingerprint density at radius 2 is 1.76 bits per heavy atom. The molecule has 3 rings (SSSR count). The molecule has 1 aromatic carbocycles. The lowest BCUT2D eigenvalue weighted by molar-refractivity contribution is -0.150. The third-order valence-corrected chi connectivity index (χ3v) is 4.99. The fraction of sp³-hybridized carbons (Fsp3) is 0.529.